The van der Waals surface area contributed by atoms with Gasteiger partial charge in [0.05, 0.1) is 5.56 Å². The van der Waals surface area contributed by atoms with Crippen molar-refractivity contribution in [2.75, 3.05) is 0 Å². The van der Waals surface area contributed by atoms with Gasteiger partial charge < -0.3 is 5.73 Å². The van der Waals surface area contributed by atoms with Crippen LogP contribution in [0, 0.1) is 17.2 Å². The van der Waals surface area contributed by atoms with Gasteiger partial charge in [0.2, 0.25) is 5.91 Å². The highest BCUT2D eigenvalue weighted by Gasteiger charge is 2.48. The predicted octanol–water partition coefficient (Wildman–Crippen LogP) is 3.93. The summed E-state index contributed by atoms with van der Waals surface area (Å²) in [5, 5.41) is 9.82. The standard InChI is InChI=1S/C20H22N2OS/c1-3-13(2)20(19(22)23,14-8-5-4-6-9-14)18-16(12-21)15-10-7-11-17(15)24-18/h4-6,8-9,13H,3,7,10-11H2,1-2H3,(H2,22,23). The van der Waals surface area contributed by atoms with Gasteiger partial charge in [-0.2, -0.15) is 5.26 Å². The molecular weight excluding hydrogens is 316 g/mol. The Kier molecular flexibility index (Phi) is 4.47. The molecule has 1 amide bonds. The van der Waals surface area contributed by atoms with E-state index < -0.39 is 5.41 Å². The number of hydrogen-bond donors (Lipinski definition) is 1. The van der Waals surface area contributed by atoms with Gasteiger partial charge in [-0.3, -0.25) is 4.79 Å². The molecule has 2 unspecified atom stereocenters. The molecule has 124 valence electrons. The molecule has 3 nitrogen and oxygen atoms in total. The molecule has 1 aliphatic carbocycles. The third kappa shape index (κ3) is 2.27. The zero-order chi connectivity index (χ0) is 17.3. The van der Waals surface area contributed by atoms with E-state index in [0.29, 0.717) is 5.56 Å². The fraction of sp³-hybridized carbons (Fsp3) is 0.400. The second-order valence-electron chi connectivity index (χ2n) is 6.52. The topological polar surface area (TPSA) is 66.9 Å². The number of nitrogens with two attached hydrogens (primary N) is 1. The SMILES string of the molecule is CCC(C)C(C(N)=O)(c1ccccc1)c1sc2c(c1C#N)CCC2. The first-order valence-electron chi connectivity index (χ1n) is 8.47. The lowest BCUT2D eigenvalue weighted by Crippen LogP contribution is -2.47. The molecule has 1 aliphatic rings. The van der Waals surface area contributed by atoms with Crippen LogP contribution in [0.25, 0.3) is 0 Å². The number of thiophene rings is 1. The first-order valence-corrected chi connectivity index (χ1v) is 9.29. The van der Waals surface area contributed by atoms with Gasteiger partial charge in [-0.25, -0.2) is 0 Å². The number of rotatable bonds is 5. The molecule has 0 radical (unpaired) electrons. The Labute approximate surface area is 147 Å². The maximum atomic E-state index is 12.8. The van der Waals surface area contributed by atoms with Crippen molar-refractivity contribution in [1.82, 2.24) is 0 Å². The summed E-state index contributed by atoms with van der Waals surface area (Å²) in [7, 11) is 0. The van der Waals surface area contributed by atoms with E-state index in [9.17, 15) is 10.1 Å². The lowest BCUT2D eigenvalue weighted by atomic mass is 9.67. The number of hydrogen-bond acceptors (Lipinski definition) is 3. The van der Waals surface area contributed by atoms with E-state index in [2.05, 4.69) is 19.9 Å². The van der Waals surface area contributed by atoms with Crippen LogP contribution in [-0.4, -0.2) is 5.91 Å². The number of fused-ring (bicyclic) bond motifs is 1. The van der Waals surface area contributed by atoms with E-state index in [0.717, 1.165) is 41.7 Å². The Balaban J connectivity index is 2.35. The van der Waals surface area contributed by atoms with Crippen molar-refractivity contribution < 1.29 is 4.79 Å². The third-order valence-electron chi connectivity index (χ3n) is 5.36. The number of aryl methyl sites for hydroxylation is 1. The van der Waals surface area contributed by atoms with Crippen LogP contribution in [0.1, 0.15) is 53.1 Å². The average Bonchev–Trinajstić information content (AvgIpc) is 3.17. The van der Waals surface area contributed by atoms with E-state index in [-0.39, 0.29) is 11.8 Å². The number of primary amides is 1. The number of nitriles is 1. The van der Waals surface area contributed by atoms with Crippen LogP contribution in [0.15, 0.2) is 30.3 Å². The summed E-state index contributed by atoms with van der Waals surface area (Å²) in [5.74, 6) is -0.345. The summed E-state index contributed by atoms with van der Waals surface area (Å²) >= 11 is 1.62. The molecule has 2 N–H and O–H groups in total. The maximum absolute atomic E-state index is 12.8. The van der Waals surface area contributed by atoms with Crippen molar-refractivity contribution >= 4 is 17.2 Å². The molecular formula is C20H22N2OS. The molecule has 1 aromatic carbocycles. The summed E-state index contributed by atoms with van der Waals surface area (Å²) in [6, 6.07) is 12.1. The van der Waals surface area contributed by atoms with Crippen molar-refractivity contribution in [1.29, 1.82) is 5.26 Å². The van der Waals surface area contributed by atoms with Gasteiger partial charge in [0, 0.05) is 9.75 Å². The largest absolute Gasteiger partial charge is 0.369 e. The van der Waals surface area contributed by atoms with Gasteiger partial charge in [0.1, 0.15) is 11.5 Å². The van der Waals surface area contributed by atoms with E-state index in [1.165, 1.54) is 4.88 Å². The molecule has 3 rings (SSSR count). The Morgan fingerprint density at radius 2 is 2.08 bits per heavy atom. The maximum Gasteiger partial charge on any atom is 0.233 e. The minimum atomic E-state index is -0.934. The zero-order valence-corrected chi connectivity index (χ0v) is 15.0. The fourth-order valence-corrected chi connectivity index (χ4v) is 5.62. The van der Waals surface area contributed by atoms with Crippen molar-refractivity contribution in [2.45, 2.75) is 44.9 Å². The lowest BCUT2D eigenvalue weighted by Gasteiger charge is -2.36. The van der Waals surface area contributed by atoms with E-state index in [1.54, 1.807) is 11.3 Å². The number of carbonyl (C=O) groups excluding carboxylic acids is 1. The summed E-state index contributed by atoms with van der Waals surface area (Å²) in [6.07, 6.45) is 3.83. The van der Waals surface area contributed by atoms with Crippen molar-refractivity contribution in [2.24, 2.45) is 11.7 Å². The highest BCUT2D eigenvalue weighted by molar-refractivity contribution is 7.12. The molecule has 1 heterocycles. The van der Waals surface area contributed by atoms with Crippen LogP contribution in [-0.2, 0) is 23.1 Å². The Morgan fingerprint density at radius 3 is 2.67 bits per heavy atom. The second kappa shape index (κ2) is 6.41. The Morgan fingerprint density at radius 1 is 1.38 bits per heavy atom. The van der Waals surface area contributed by atoms with Crippen LogP contribution < -0.4 is 5.73 Å². The van der Waals surface area contributed by atoms with Crippen LogP contribution in [0.4, 0.5) is 0 Å². The molecule has 0 bridgehead atoms. The van der Waals surface area contributed by atoms with Crippen molar-refractivity contribution in [3.63, 3.8) is 0 Å². The van der Waals surface area contributed by atoms with Gasteiger partial charge in [-0.1, -0.05) is 50.6 Å². The van der Waals surface area contributed by atoms with Gasteiger partial charge in [0.15, 0.2) is 0 Å². The highest BCUT2D eigenvalue weighted by atomic mass is 32.1. The Bertz CT molecular complexity index is 803. The first kappa shape index (κ1) is 16.7. The van der Waals surface area contributed by atoms with Gasteiger partial charge in [-0.05, 0) is 36.3 Å². The number of nitrogens with zero attached hydrogens (tertiary/aromatic N) is 1. The first-order chi connectivity index (χ1) is 11.6. The van der Waals surface area contributed by atoms with Gasteiger partial charge >= 0.3 is 0 Å². The highest BCUT2D eigenvalue weighted by Crippen LogP contribution is 2.48. The number of amides is 1. The van der Waals surface area contributed by atoms with Crippen molar-refractivity contribution in [3.05, 3.63) is 56.8 Å². The predicted molar refractivity (Wildman–Crippen MR) is 96.9 cm³/mol. The van der Waals surface area contributed by atoms with E-state index in [1.807, 2.05) is 30.3 Å². The summed E-state index contributed by atoms with van der Waals surface area (Å²) in [6.45, 7) is 4.13. The Hall–Kier alpha value is -2.12. The normalized spacial score (nSPS) is 16.9. The van der Waals surface area contributed by atoms with E-state index in [4.69, 9.17) is 5.73 Å². The summed E-state index contributed by atoms with van der Waals surface area (Å²) < 4.78 is 0. The van der Waals surface area contributed by atoms with Crippen LogP contribution >= 0.6 is 11.3 Å². The molecule has 2 aromatic rings. The van der Waals surface area contributed by atoms with E-state index >= 15 is 0 Å². The minimum absolute atomic E-state index is 0.0169. The minimum Gasteiger partial charge on any atom is -0.369 e. The van der Waals surface area contributed by atoms with Gasteiger partial charge in [0.25, 0.3) is 0 Å². The monoisotopic (exact) mass is 338 g/mol. The molecule has 4 heteroatoms. The second-order valence-corrected chi connectivity index (χ2v) is 7.63. The molecule has 2 atom stereocenters. The summed E-state index contributed by atoms with van der Waals surface area (Å²) in [5.41, 5.74) is 7.80. The smallest absolute Gasteiger partial charge is 0.233 e. The number of benzene rings is 1. The molecule has 1 aromatic heterocycles. The molecule has 24 heavy (non-hydrogen) atoms. The quantitative estimate of drug-likeness (QED) is 0.897. The zero-order valence-electron chi connectivity index (χ0n) is 14.1. The molecule has 0 fully saturated rings. The molecule has 0 aliphatic heterocycles. The summed E-state index contributed by atoms with van der Waals surface area (Å²) in [4.78, 5) is 14.9. The molecule has 0 saturated heterocycles. The fourth-order valence-electron chi connectivity index (χ4n) is 3.94. The van der Waals surface area contributed by atoms with Gasteiger partial charge in [-0.15, -0.1) is 11.3 Å². The lowest BCUT2D eigenvalue weighted by molar-refractivity contribution is -0.123. The van der Waals surface area contributed by atoms with Crippen LogP contribution in [0.2, 0.25) is 0 Å². The van der Waals surface area contributed by atoms with Crippen molar-refractivity contribution in [3.8, 4) is 6.07 Å². The number of carbonyl (C=O) groups is 1. The van der Waals surface area contributed by atoms with Crippen LogP contribution in [0.3, 0.4) is 0 Å². The molecule has 0 spiro atoms. The van der Waals surface area contributed by atoms with Crippen LogP contribution in [0.5, 0.6) is 0 Å². The third-order valence-corrected chi connectivity index (χ3v) is 6.79. The molecule has 0 saturated carbocycles. The average molecular weight is 338 g/mol.